The minimum Gasteiger partial charge on any atom is -0.481 e. The number of nitrogens with one attached hydrogen (secondary N) is 1. The Bertz CT molecular complexity index is 381. The van der Waals surface area contributed by atoms with Gasteiger partial charge in [0.15, 0.2) is 0 Å². The summed E-state index contributed by atoms with van der Waals surface area (Å²) in [7, 11) is 0. The molecule has 5 heteroatoms. The number of carbonyl (C=O) groups is 2. The van der Waals surface area contributed by atoms with Crippen LogP contribution in [0.3, 0.4) is 0 Å². The van der Waals surface area contributed by atoms with Gasteiger partial charge in [0.2, 0.25) is 5.91 Å². The first-order valence-corrected chi connectivity index (χ1v) is 7.40. The lowest BCUT2D eigenvalue weighted by Crippen LogP contribution is -2.40. The van der Waals surface area contributed by atoms with Crippen LogP contribution in [0.4, 0.5) is 0 Å². The Morgan fingerprint density at radius 1 is 1.05 bits per heavy atom. The summed E-state index contributed by atoms with van der Waals surface area (Å²) in [5, 5.41) is 12.1. The summed E-state index contributed by atoms with van der Waals surface area (Å²) in [6, 6.07) is 1.04. The predicted octanol–water partition coefficient (Wildman–Crippen LogP) is 0.840. The fourth-order valence-electron chi connectivity index (χ4n) is 3.44. The van der Waals surface area contributed by atoms with Gasteiger partial charge in [-0.15, -0.1) is 0 Å². The molecular formula is C14H22N2O3. The molecule has 2 saturated carbocycles. The fraction of sp³-hybridized carbons (Fsp3) is 0.857. The fourth-order valence-corrected chi connectivity index (χ4v) is 3.44. The highest BCUT2D eigenvalue weighted by molar-refractivity contribution is 5.81. The molecule has 0 bridgehead atoms. The standard InChI is InChI=1S/C14H22N2O3/c17-13(9-1-2-10(7-9)14(18)19)15-11-5-6-16(8-11)12-3-4-12/h9-12H,1-8H2,(H,15,17)(H,18,19)/t9-,10+,11?/m1/s1. The van der Waals surface area contributed by atoms with Crippen LogP contribution >= 0.6 is 0 Å². The van der Waals surface area contributed by atoms with Gasteiger partial charge in [-0.05, 0) is 38.5 Å². The van der Waals surface area contributed by atoms with Gasteiger partial charge in [0.25, 0.3) is 0 Å². The van der Waals surface area contributed by atoms with Crippen LogP contribution in [0.5, 0.6) is 0 Å². The number of nitrogens with zero attached hydrogens (tertiary/aromatic N) is 1. The van der Waals surface area contributed by atoms with Crippen LogP contribution in [0, 0.1) is 11.8 Å². The van der Waals surface area contributed by atoms with E-state index in [9.17, 15) is 9.59 Å². The van der Waals surface area contributed by atoms with Gasteiger partial charge >= 0.3 is 5.97 Å². The lowest BCUT2D eigenvalue weighted by Gasteiger charge is -2.18. The van der Waals surface area contributed by atoms with E-state index in [1.54, 1.807) is 0 Å². The molecule has 19 heavy (non-hydrogen) atoms. The van der Waals surface area contributed by atoms with E-state index in [0.717, 1.165) is 32.0 Å². The minimum atomic E-state index is -0.754. The Balaban J connectivity index is 1.45. The zero-order valence-corrected chi connectivity index (χ0v) is 11.2. The molecule has 3 atom stereocenters. The number of hydrogen-bond donors (Lipinski definition) is 2. The zero-order chi connectivity index (χ0) is 13.4. The number of carbonyl (C=O) groups excluding carboxylic acids is 1. The third kappa shape index (κ3) is 2.91. The molecule has 1 aliphatic heterocycles. The Morgan fingerprint density at radius 2 is 1.79 bits per heavy atom. The van der Waals surface area contributed by atoms with Gasteiger partial charge in [-0.1, -0.05) is 0 Å². The maximum Gasteiger partial charge on any atom is 0.306 e. The van der Waals surface area contributed by atoms with E-state index in [1.807, 2.05) is 0 Å². The first kappa shape index (κ1) is 12.9. The SMILES string of the molecule is O=C(O)[C@H]1CC[C@@H](C(=O)NC2CCN(C3CC3)C2)C1. The predicted molar refractivity (Wildman–Crippen MR) is 69.6 cm³/mol. The Labute approximate surface area is 113 Å². The van der Waals surface area contributed by atoms with Crippen LogP contribution < -0.4 is 5.32 Å². The molecule has 2 N–H and O–H groups in total. The average Bonchev–Trinajstić information content (AvgIpc) is 2.92. The molecule has 106 valence electrons. The highest BCUT2D eigenvalue weighted by atomic mass is 16.4. The van der Waals surface area contributed by atoms with Crippen molar-refractivity contribution in [3.63, 3.8) is 0 Å². The molecule has 1 heterocycles. The monoisotopic (exact) mass is 266 g/mol. The van der Waals surface area contributed by atoms with E-state index in [-0.39, 0.29) is 23.8 Å². The maximum absolute atomic E-state index is 12.1. The molecule has 2 aliphatic carbocycles. The lowest BCUT2D eigenvalue weighted by atomic mass is 10.0. The third-order valence-corrected chi connectivity index (χ3v) is 4.78. The molecule has 1 amide bonds. The Morgan fingerprint density at radius 3 is 2.42 bits per heavy atom. The number of amides is 1. The van der Waals surface area contributed by atoms with Gasteiger partial charge in [0, 0.05) is 31.1 Å². The maximum atomic E-state index is 12.1. The van der Waals surface area contributed by atoms with Crippen molar-refractivity contribution in [3.05, 3.63) is 0 Å². The zero-order valence-electron chi connectivity index (χ0n) is 11.2. The number of carboxylic acid groups (broad SMARTS) is 1. The van der Waals surface area contributed by atoms with Crippen molar-refractivity contribution >= 4 is 11.9 Å². The number of carboxylic acids is 1. The topological polar surface area (TPSA) is 69.6 Å². The van der Waals surface area contributed by atoms with Gasteiger partial charge in [-0.3, -0.25) is 14.5 Å². The second-order valence-corrected chi connectivity index (χ2v) is 6.27. The van der Waals surface area contributed by atoms with E-state index in [0.29, 0.717) is 12.8 Å². The van der Waals surface area contributed by atoms with Crippen LogP contribution in [0.1, 0.15) is 38.5 Å². The molecule has 3 fully saturated rings. The van der Waals surface area contributed by atoms with Crippen molar-refractivity contribution in [2.45, 2.75) is 50.6 Å². The average molecular weight is 266 g/mol. The molecule has 0 aromatic heterocycles. The summed E-state index contributed by atoms with van der Waals surface area (Å²) in [6.45, 7) is 2.07. The van der Waals surface area contributed by atoms with Gasteiger partial charge in [-0.2, -0.15) is 0 Å². The van der Waals surface area contributed by atoms with Gasteiger partial charge in [0.1, 0.15) is 0 Å². The molecular weight excluding hydrogens is 244 g/mol. The highest BCUT2D eigenvalue weighted by Gasteiger charge is 2.37. The highest BCUT2D eigenvalue weighted by Crippen LogP contribution is 2.32. The van der Waals surface area contributed by atoms with Crippen molar-refractivity contribution in [3.8, 4) is 0 Å². The normalized spacial score (nSPS) is 35.5. The summed E-state index contributed by atoms with van der Waals surface area (Å²) >= 11 is 0. The number of likely N-dealkylation sites (tertiary alicyclic amines) is 1. The van der Waals surface area contributed by atoms with E-state index in [2.05, 4.69) is 10.2 Å². The van der Waals surface area contributed by atoms with Gasteiger partial charge in [0.05, 0.1) is 5.92 Å². The van der Waals surface area contributed by atoms with Crippen molar-refractivity contribution in [2.75, 3.05) is 13.1 Å². The minimum absolute atomic E-state index is 0.0754. The molecule has 0 aromatic carbocycles. The second kappa shape index (κ2) is 5.12. The smallest absolute Gasteiger partial charge is 0.306 e. The summed E-state index contributed by atoms with van der Waals surface area (Å²) in [4.78, 5) is 25.5. The van der Waals surface area contributed by atoms with Crippen molar-refractivity contribution in [2.24, 2.45) is 11.8 Å². The van der Waals surface area contributed by atoms with Crippen LogP contribution in [-0.4, -0.2) is 47.1 Å². The quantitative estimate of drug-likeness (QED) is 0.791. The lowest BCUT2D eigenvalue weighted by molar-refractivity contribution is -0.141. The van der Waals surface area contributed by atoms with Crippen molar-refractivity contribution in [1.29, 1.82) is 0 Å². The van der Waals surface area contributed by atoms with Crippen LogP contribution in [0.15, 0.2) is 0 Å². The molecule has 5 nitrogen and oxygen atoms in total. The van der Waals surface area contributed by atoms with Crippen LogP contribution in [-0.2, 0) is 9.59 Å². The molecule has 0 aromatic rings. The van der Waals surface area contributed by atoms with E-state index in [1.165, 1.54) is 12.8 Å². The molecule has 0 spiro atoms. The van der Waals surface area contributed by atoms with E-state index >= 15 is 0 Å². The van der Waals surface area contributed by atoms with E-state index in [4.69, 9.17) is 5.11 Å². The molecule has 3 rings (SSSR count). The summed E-state index contributed by atoms with van der Waals surface area (Å²) in [5.74, 6) is -1.08. The summed E-state index contributed by atoms with van der Waals surface area (Å²) in [6.07, 6.45) is 5.54. The number of hydrogen-bond acceptors (Lipinski definition) is 3. The van der Waals surface area contributed by atoms with Crippen molar-refractivity contribution in [1.82, 2.24) is 10.2 Å². The molecule has 0 radical (unpaired) electrons. The van der Waals surface area contributed by atoms with Gasteiger partial charge in [-0.25, -0.2) is 0 Å². The van der Waals surface area contributed by atoms with E-state index < -0.39 is 5.97 Å². The largest absolute Gasteiger partial charge is 0.481 e. The summed E-state index contributed by atoms with van der Waals surface area (Å²) in [5.41, 5.74) is 0. The molecule has 1 saturated heterocycles. The number of rotatable bonds is 4. The first-order chi connectivity index (χ1) is 9.13. The van der Waals surface area contributed by atoms with Crippen molar-refractivity contribution < 1.29 is 14.7 Å². The Hall–Kier alpha value is -1.10. The molecule has 3 aliphatic rings. The first-order valence-electron chi connectivity index (χ1n) is 7.40. The van der Waals surface area contributed by atoms with Gasteiger partial charge < -0.3 is 10.4 Å². The summed E-state index contributed by atoms with van der Waals surface area (Å²) < 4.78 is 0. The van der Waals surface area contributed by atoms with Crippen LogP contribution in [0.2, 0.25) is 0 Å². The molecule has 1 unspecified atom stereocenters. The third-order valence-electron chi connectivity index (χ3n) is 4.78. The number of aliphatic carboxylic acids is 1. The van der Waals surface area contributed by atoms with Crippen LogP contribution in [0.25, 0.3) is 0 Å². The second-order valence-electron chi connectivity index (χ2n) is 6.27. The Kier molecular flexibility index (Phi) is 3.48.